The molecule has 0 aliphatic heterocycles. The molecule has 22 heavy (non-hydrogen) atoms. The van der Waals surface area contributed by atoms with Crippen LogP contribution in [0, 0.1) is 11.7 Å². The molecule has 1 unspecified atom stereocenters. The number of anilines is 1. The van der Waals surface area contributed by atoms with E-state index in [-0.39, 0.29) is 12.1 Å². The van der Waals surface area contributed by atoms with E-state index in [2.05, 4.69) is 0 Å². The van der Waals surface area contributed by atoms with Crippen LogP contribution in [-0.2, 0) is 4.79 Å². The third-order valence-corrected chi connectivity index (χ3v) is 3.26. The molecule has 5 heteroatoms. The van der Waals surface area contributed by atoms with Crippen molar-refractivity contribution in [3.05, 3.63) is 66.0 Å². The van der Waals surface area contributed by atoms with Crippen molar-refractivity contribution in [2.45, 2.75) is 6.92 Å². The molecule has 0 aliphatic carbocycles. The van der Waals surface area contributed by atoms with Crippen molar-refractivity contribution in [1.29, 1.82) is 0 Å². The van der Waals surface area contributed by atoms with Crippen molar-refractivity contribution < 1.29 is 19.1 Å². The number of halogens is 1. The fourth-order valence-corrected chi connectivity index (χ4v) is 2.04. The first-order chi connectivity index (χ1) is 10.5. The second-order valence-corrected chi connectivity index (χ2v) is 5.00. The fourth-order valence-electron chi connectivity index (χ4n) is 2.04. The third kappa shape index (κ3) is 3.69. The summed E-state index contributed by atoms with van der Waals surface area (Å²) in [6.45, 7) is 1.53. The van der Waals surface area contributed by atoms with E-state index in [4.69, 9.17) is 5.11 Å². The Bertz CT molecular complexity index is 673. The molecule has 0 heterocycles. The van der Waals surface area contributed by atoms with E-state index in [1.54, 1.807) is 30.3 Å². The Morgan fingerprint density at radius 3 is 2.41 bits per heavy atom. The van der Waals surface area contributed by atoms with Gasteiger partial charge >= 0.3 is 5.97 Å². The van der Waals surface area contributed by atoms with E-state index in [1.807, 2.05) is 0 Å². The van der Waals surface area contributed by atoms with Gasteiger partial charge < -0.3 is 10.0 Å². The Balaban J connectivity index is 2.35. The number of carboxylic acid groups (broad SMARTS) is 1. The van der Waals surface area contributed by atoms with Crippen LogP contribution in [0.1, 0.15) is 17.3 Å². The van der Waals surface area contributed by atoms with Gasteiger partial charge in [0.05, 0.1) is 5.92 Å². The van der Waals surface area contributed by atoms with Crippen molar-refractivity contribution in [2.75, 3.05) is 11.4 Å². The third-order valence-electron chi connectivity index (χ3n) is 3.26. The van der Waals surface area contributed by atoms with Crippen LogP contribution in [-0.4, -0.2) is 23.5 Å². The summed E-state index contributed by atoms with van der Waals surface area (Å²) in [5, 5.41) is 9.08. The summed E-state index contributed by atoms with van der Waals surface area (Å²) in [6, 6.07) is 14.1. The van der Waals surface area contributed by atoms with E-state index in [0.717, 1.165) is 6.07 Å². The van der Waals surface area contributed by atoms with Gasteiger partial charge in [-0.2, -0.15) is 0 Å². The Morgan fingerprint density at radius 2 is 1.82 bits per heavy atom. The van der Waals surface area contributed by atoms with Gasteiger partial charge in [0.1, 0.15) is 5.82 Å². The Hall–Kier alpha value is -2.69. The summed E-state index contributed by atoms with van der Waals surface area (Å²) in [4.78, 5) is 25.1. The molecule has 0 saturated carbocycles. The molecule has 0 aromatic heterocycles. The van der Waals surface area contributed by atoms with Gasteiger partial charge in [-0.3, -0.25) is 9.59 Å². The number of benzene rings is 2. The number of aliphatic carboxylic acids is 1. The van der Waals surface area contributed by atoms with Crippen molar-refractivity contribution in [2.24, 2.45) is 5.92 Å². The maximum Gasteiger partial charge on any atom is 0.308 e. The Morgan fingerprint density at radius 1 is 1.14 bits per heavy atom. The van der Waals surface area contributed by atoms with E-state index >= 15 is 0 Å². The summed E-state index contributed by atoms with van der Waals surface area (Å²) >= 11 is 0. The zero-order chi connectivity index (χ0) is 16.1. The molecule has 114 valence electrons. The number of hydrogen-bond acceptors (Lipinski definition) is 2. The molecular formula is C17H16FNO3. The average Bonchev–Trinajstić information content (AvgIpc) is 2.52. The lowest BCUT2D eigenvalue weighted by Crippen LogP contribution is -2.37. The van der Waals surface area contributed by atoms with Crippen LogP contribution in [0.25, 0.3) is 0 Å². The molecule has 0 aliphatic rings. The Kier molecular flexibility index (Phi) is 4.88. The highest BCUT2D eigenvalue weighted by molar-refractivity contribution is 6.06. The quantitative estimate of drug-likeness (QED) is 0.922. The van der Waals surface area contributed by atoms with Crippen molar-refractivity contribution >= 4 is 17.6 Å². The van der Waals surface area contributed by atoms with Crippen LogP contribution in [0.2, 0.25) is 0 Å². The molecule has 2 aromatic carbocycles. The molecular weight excluding hydrogens is 285 g/mol. The maximum atomic E-state index is 13.3. The second kappa shape index (κ2) is 6.85. The molecule has 1 atom stereocenters. The predicted molar refractivity (Wildman–Crippen MR) is 81.3 cm³/mol. The fraction of sp³-hybridized carbons (Fsp3) is 0.176. The van der Waals surface area contributed by atoms with E-state index < -0.39 is 23.6 Å². The zero-order valence-electron chi connectivity index (χ0n) is 12.1. The number of rotatable bonds is 5. The summed E-state index contributed by atoms with van der Waals surface area (Å²) in [7, 11) is 0. The van der Waals surface area contributed by atoms with Gasteiger partial charge in [-0.25, -0.2) is 4.39 Å². The minimum absolute atomic E-state index is 0.00862. The van der Waals surface area contributed by atoms with Crippen LogP contribution in [0.3, 0.4) is 0 Å². The summed E-state index contributed by atoms with van der Waals surface area (Å²) in [5.41, 5.74) is 0.756. The van der Waals surface area contributed by atoms with Gasteiger partial charge in [0, 0.05) is 17.8 Å². The number of nitrogens with zero attached hydrogens (tertiary/aromatic N) is 1. The summed E-state index contributed by atoms with van der Waals surface area (Å²) in [5.74, 6) is -2.67. The van der Waals surface area contributed by atoms with Crippen LogP contribution in [0.15, 0.2) is 54.6 Å². The van der Waals surface area contributed by atoms with Crippen molar-refractivity contribution in [3.8, 4) is 0 Å². The second-order valence-electron chi connectivity index (χ2n) is 5.00. The number of carbonyl (C=O) groups excluding carboxylic acids is 1. The lowest BCUT2D eigenvalue weighted by atomic mass is 10.1. The van der Waals surface area contributed by atoms with Gasteiger partial charge in [-0.1, -0.05) is 31.2 Å². The van der Waals surface area contributed by atoms with E-state index in [0.29, 0.717) is 5.69 Å². The molecule has 1 amide bonds. The average molecular weight is 301 g/mol. The van der Waals surface area contributed by atoms with Gasteiger partial charge in [-0.15, -0.1) is 0 Å². The highest BCUT2D eigenvalue weighted by Crippen LogP contribution is 2.19. The topological polar surface area (TPSA) is 57.6 Å². The van der Waals surface area contributed by atoms with Gasteiger partial charge in [-0.05, 0) is 30.3 Å². The van der Waals surface area contributed by atoms with Crippen molar-refractivity contribution in [3.63, 3.8) is 0 Å². The largest absolute Gasteiger partial charge is 0.481 e. The van der Waals surface area contributed by atoms with E-state index in [1.165, 1.54) is 30.0 Å². The first kappa shape index (κ1) is 15.7. The Labute approximate surface area is 127 Å². The molecule has 1 N–H and O–H groups in total. The highest BCUT2D eigenvalue weighted by Gasteiger charge is 2.23. The lowest BCUT2D eigenvalue weighted by molar-refractivity contribution is -0.140. The molecule has 0 radical (unpaired) electrons. The molecule has 0 spiro atoms. The highest BCUT2D eigenvalue weighted by atomic mass is 19.1. The van der Waals surface area contributed by atoms with Crippen LogP contribution < -0.4 is 4.90 Å². The number of carbonyl (C=O) groups is 2. The monoisotopic (exact) mass is 301 g/mol. The first-order valence-electron chi connectivity index (χ1n) is 6.84. The number of hydrogen-bond donors (Lipinski definition) is 1. The van der Waals surface area contributed by atoms with E-state index in [9.17, 15) is 14.0 Å². The van der Waals surface area contributed by atoms with Gasteiger partial charge in [0.25, 0.3) is 5.91 Å². The van der Waals surface area contributed by atoms with Crippen LogP contribution >= 0.6 is 0 Å². The molecule has 0 bridgehead atoms. The lowest BCUT2D eigenvalue weighted by Gasteiger charge is -2.24. The minimum atomic E-state index is -0.993. The normalized spacial score (nSPS) is 11.7. The van der Waals surface area contributed by atoms with Gasteiger partial charge in [0.2, 0.25) is 0 Å². The van der Waals surface area contributed by atoms with Gasteiger partial charge in [0.15, 0.2) is 0 Å². The smallest absolute Gasteiger partial charge is 0.308 e. The molecule has 0 saturated heterocycles. The first-order valence-corrected chi connectivity index (χ1v) is 6.84. The standard InChI is InChI=1S/C17H16FNO3/c1-12(17(21)22)11-19(15-8-3-2-4-9-15)16(20)13-6-5-7-14(18)10-13/h2-10,12H,11H2,1H3,(H,21,22). The van der Waals surface area contributed by atoms with Crippen LogP contribution in [0.4, 0.5) is 10.1 Å². The minimum Gasteiger partial charge on any atom is -0.481 e. The predicted octanol–water partition coefficient (Wildman–Crippen LogP) is 3.19. The number of amides is 1. The zero-order valence-corrected chi connectivity index (χ0v) is 12.1. The van der Waals surface area contributed by atoms with Crippen LogP contribution in [0.5, 0.6) is 0 Å². The van der Waals surface area contributed by atoms with Crippen molar-refractivity contribution in [1.82, 2.24) is 0 Å². The molecule has 2 rings (SSSR count). The SMILES string of the molecule is CC(CN(C(=O)c1cccc(F)c1)c1ccccc1)C(=O)O. The maximum absolute atomic E-state index is 13.3. The number of para-hydroxylation sites is 1. The molecule has 4 nitrogen and oxygen atoms in total. The molecule has 0 fully saturated rings. The molecule has 2 aromatic rings. The number of carboxylic acids is 1. The summed E-state index contributed by atoms with van der Waals surface area (Å²) < 4.78 is 13.3. The summed E-state index contributed by atoms with van der Waals surface area (Å²) in [6.07, 6.45) is 0.